The fraction of sp³-hybridized carbons (Fsp3) is 0.667. The molecule has 1 aliphatic carbocycles. The Kier molecular flexibility index (Phi) is 7.85. The number of halogens is 3. The lowest BCUT2D eigenvalue weighted by Crippen LogP contribution is -2.35. The lowest BCUT2D eigenvalue weighted by molar-refractivity contribution is -0.274. The van der Waals surface area contributed by atoms with Crippen LogP contribution in [-0.4, -0.2) is 25.5 Å². The summed E-state index contributed by atoms with van der Waals surface area (Å²) in [6.07, 6.45) is 4.61. The molecule has 0 amide bonds. The molecule has 1 aliphatic rings. The van der Waals surface area contributed by atoms with E-state index in [0.29, 0.717) is 12.6 Å². The minimum absolute atomic E-state index is 0.183. The maximum Gasteiger partial charge on any atom is 0.573 e. The van der Waals surface area contributed by atoms with Gasteiger partial charge in [0.25, 0.3) is 0 Å². The van der Waals surface area contributed by atoms with E-state index >= 15 is 0 Å². The van der Waals surface area contributed by atoms with Crippen LogP contribution < -0.4 is 15.4 Å². The van der Waals surface area contributed by atoms with Crippen LogP contribution in [0.3, 0.4) is 0 Å². The van der Waals surface area contributed by atoms with Crippen molar-refractivity contribution in [2.75, 3.05) is 13.1 Å². The van der Waals surface area contributed by atoms with Crippen LogP contribution in [0.2, 0.25) is 0 Å². The molecule has 136 valence electrons. The summed E-state index contributed by atoms with van der Waals surface area (Å²) in [5.74, 6) is -0.183. The number of alkyl halides is 3. The Balaban J connectivity index is 1.60. The van der Waals surface area contributed by atoms with Gasteiger partial charge in [-0.15, -0.1) is 13.2 Å². The maximum atomic E-state index is 12.1. The minimum Gasteiger partial charge on any atom is -0.406 e. The molecular formula is C18H27F3N2O. The van der Waals surface area contributed by atoms with Crippen molar-refractivity contribution in [3.8, 4) is 5.75 Å². The van der Waals surface area contributed by atoms with Gasteiger partial charge in [-0.25, -0.2) is 0 Å². The van der Waals surface area contributed by atoms with E-state index in [1.807, 2.05) is 0 Å². The molecule has 0 saturated heterocycles. The lowest BCUT2D eigenvalue weighted by atomic mass is 9.97. The first-order valence-electron chi connectivity index (χ1n) is 8.82. The molecule has 1 saturated carbocycles. The summed E-state index contributed by atoms with van der Waals surface area (Å²) >= 11 is 0. The molecule has 24 heavy (non-hydrogen) atoms. The zero-order chi connectivity index (χ0) is 17.3. The van der Waals surface area contributed by atoms with E-state index < -0.39 is 6.36 Å². The SMILES string of the molecule is FC(F)(F)Oc1ccc(CNCCNC2CCCCCCC2)cc1. The molecule has 0 aromatic heterocycles. The fourth-order valence-electron chi connectivity index (χ4n) is 3.07. The molecule has 0 bridgehead atoms. The molecule has 3 nitrogen and oxygen atoms in total. The molecule has 0 radical (unpaired) electrons. The number of benzene rings is 1. The number of nitrogens with one attached hydrogen (secondary N) is 2. The summed E-state index contributed by atoms with van der Waals surface area (Å²) in [6.45, 7) is 2.40. The second-order valence-corrected chi connectivity index (χ2v) is 6.36. The summed E-state index contributed by atoms with van der Waals surface area (Å²) in [5.41, 5.74) is 0.940. The van der Waals surface area contributed by atoms with Crippen molar-refractivity contribution < 1.29 is 17.9 Å². The van der Waals surface area contributed by atoms with Crippen molar-refractivity contribution in [3.63, 3.8) is 0 Å². The predicted octanol–water partition coefficient (Wildman–Crippen LogP) is 4.38. The Morgan fingerprint density at radius 1 is 0.917 bits per heavy atom. The summed E-state index contributed by atoms with van der Waals surface area (Å²) in [7, 11) is 0. The summed E-state index contributed by atoms with van der Waals surface area (Å²) in [6, 6.07) is 6.62. The van der Waals surface area contributed by atoms with Crippen molar-refractivity contribution in [1.29, 1.82) is 0 Å². The Morgan fingerprint density at radius 3 is 2.17 bits per heavy atom. The standard InChI is InChI=1S/C18H27F3N2O/c19-18(20,21)24-17-10-8-15(9-11-17)14-22-12-13-23-16-6-4-2-1-3-5-7-16/h8-11,16,22-23H,1-7,12-14H2. The lowest BCUT2D eigenvalue weighted by Gasteiger charge is -2.21. The zero-order valence-corrected chi connectivity index (χ0v) is 14.0. The van der Waals surface area contributed by atoms with Gasteiger partial charge < -0.3 is 15.4 Å². The van der Waals surface area contributed by atoms with Crippen molar-refractivity contribution in [3.05, 3.63) is 29.8 Å². The molecule has 1 aromatic carbocycles. The van der Waals surface area contributed by atoms with Crippen LogP contribution in [0.4, 0.5) is 13.2 Å². The van der Waals surface area contributed by atoms with E-state index in [0.717, 1.165) is 18.7 Å². The highest BCUT2D eigenvalue weighted by Gasteiger charge is 2.30. The van der Waals surface area contributed by atoms with Gasteiger partial charge in [-0.05, 0) is 30.5 Å². The molecule has 1 fully saturated rings. The van der Waals surface area contributed by atoms with E-state index in [1.54, 1.807) is 12.1 Å². The molecule has 0 unspecified atom stereocenters. The molecular weight excluding hydrogens is 317 g/mol. The highest BCUT2D eigenvalue weighted by atomic mass is 19.4. The molecule has 6 heteroatoms. The quantitative estimate of drug-likeness (QED) is 0.720. The van der Waals surface area contributed by atoms with Crippen molar-refractivity contribution in [1.82, 2.24) is 10.6 Å². The largest absolute Gasteiger partial charge is 0.573 e. The number of hydrogen-bond acceptors (Lipinski definition) is 3. The molecule has 2 N–H and O–H groups in total. The summed E-state index contributed by atoms with van der Waals surface area (Å²) < 4.78 is 40.1. The summed E-state index contributed by atoms with van der Waals surface area (Å²) in [4.78, 5) is 0. The van der Waals surface area contributed by atoms with Crippen LogP contribution in [-0.2, 0) is 6.54 Å². The number of hydrogen-bond donors (Lipinski definition) is 2. The van der Waals surface area contributed by atoms with Crippen molar-refractivity contribution >= 4 is 0 Å². The van der Waals surface area contributed by atoms with Gasteiger partial charge in [0.05, 0.1) is 0 Å². The monoisotopic (exact) mass is 344 g/mol. The van der Waals surface area contributed by atoms with Crippen LogP contribution in [0.1, 0.15) is 50.5 Å². The Labute approximate surface area is 142 Å². The second-order valence-electron chi connectivity index (χ2n) is 6.36. The van der Waals surface area contributed by atoms with Gasteiger partial charge >= 0.3 is 6.36 Å². The van der Waals surface area contributed by atoms with Gasteiger partial charge in [-0.3, -0.25) is 0 Å². The van der Waals surface area contributed by atoms with Crippen LogP contribution in [0, 0.1) is 0 Å². The fourth-order valence-corrected chi connectivity index (χ4v) is 3.07. The number of ether oxygens (including phenoxy) is 1. The van der Waals surface area contributed by atoms with Crippen LogP contribution >= 0.6 is 0 Å². The highest BCUT2D eigenvalue weighted by molar-refractivity contribution is 5.27. The third-order valence-corrected chi connectivity index (χ3v) is 4.33. The third kappa shape index (κ3) is 8.02. The Morgan fingerprint density at radius 2 is 1.54 bits per heavy atom. The van der Waals surface area contributed by atoms with Crippen molar-refractivity contribution in [2.45, 2.75) is 63.9 Å². The zero-order valence-electron chi connectivity index (χ0n) is 14.0. The first kappa shape index (κ1) is 19.1. The number of rotatable bonds is 7. The van der Waals surface area contributed by atoms with Crippen LogP contribution in [0.5, 0.6) is 5.75 Å². The molecule has 0 spiro atoms. The van der Waals surface area contributed by atoms with E-state index in [2.05, 4.69) is 15.4 Å². The average Bonchev–Trinajstić information content (AvgIpc) is 2.49. The molecule has 0 aliphatic heterocycles. The van der Waals surface area contributed by atoms with Crippen molar-refractivity contribution in [2.24, 2.45) is 0 Å². The smallest absolute Gasteiger partial charge is 0.406 e. The third-order valence-electron chi connectivity index (χ3n) is 4.33. The van der Waals surface area contributed by atoms with Gasteiger partial charge in [0.15, 0.2) is 0 Å². The van der Waals surface area contributed by atoms with Gasteiger partial charge in [0.2, 0.25) is 0 Å². The van der Waals surface area contributed by atoms with Crippen LogP contribution in [0.15, 0.2) is 24.3 Å². The van der Waals surface area contributed by atoms with Gasteiger partial charge in [-0.2, -0.15) is 0 Å². The first-order valence-corrected chi connectivity index (χ1v) is 8.82. The van der Waals surface area contributed by atoms with Gasteiger partial charge in [-0.1, -0.05) is 44.2 Å². The highest BCUT2D eigenvalue weighted by Crippen LogP contribution is 2.22. The first-order chi connectivity index (χ1) is 11.5. The molecule has 0 atom stereocenters. The topological polar surface area (TPSA) is 33.3 Å². The summed E-state index contributed by atoms with van der Waals surface area (Å²) in [5, 5.41) is 6.91. The van der Waals surface area contributed by atoms with E-state index in [1.165, 1.54) is 57.1 Å². The Bertz CT molecular complexity index is 454. The van der Waals surface area contributed by atoms with E-state index in [4.69, 9.17) is 0 Å². The van der Waals surface area contributed by atoms with Gasteiger partial charge in [0, 0.05) is 25.7 Å². The molecule has 0 heterocycles. The van der Waals surface area contributed by atoms with Gasteiger partial charge in [0.1, 0.15) is 5.75 Å². The predicted molar refractivity (Wildman–Crippen MR) is 88.9 cm³/mol. The molecule has 1 aromatic rings. The normalized spacial score (nSPS) is 17.3. The second kappa shape index (κ2) is 9.89. The molecule has 2 rings (SSSR count). The minimum atomic E-state index is -4.64. The maximum absolute atomic E-state index is 12.1. The average molecular weight is 344 g/mol. The van der Waals surface area contributed by atoms with Crippen LogP contribution in [0.25, 0.3) is 0 Å². The van der Waals surface area contributed by atoms with E-state index in [-0.39, 0.29) is 5.75 Å². The Hall–Kier alpha value is -1.27. The van der Waals surface area contributed by atoms with E-state index in [9.17, 15) is 13.2 Å².